The Kier molecular flexibility index (Phi) is 4.46. The van der Waals surface area contributed by atoms with Crippen molar-refractivity contribution in [2.75, 3.05) is 26.8 Å². The van der Waals surface area contributed by atoms with Crippen molar-refractivity contribution in [1.82, 2.24) is 5.32 Å². The standard InChI is InChI=1S/C15H22BrNO/c1-11(2)14(8-17-3)15(9-18-10-15)12-4-6-13(16)7-5-12/h4-7,11,14,17H,8-10H2,1-3H3. The molecule has 0 amide bonds. The number of halogens is 1. The smallest absolute Gasteiger partial charge is 0.0588 e. The van der Waals surface area contributed by atoms with E-state index in [-0.39, 0.29) is 5.41 Å². The van der Waals surface area contributed by atoms with Gasteiger partial charge in [0.2, 0.25) is 0 Å². The van der Waals surface area contributed by atoms with Crippen molar-refractivity contribution in [2.24, 2.45) is 11.8 Å². The Labute approximate surface area is 118 Å². The van der Waals surface area contributed by atoms with E-state index < -0.39 is 0 Å². The molecule has 100 valence electrons. The summed E-state index contributed by atoms with van der Waals surface area (Å²) in [5, 5.41) is 3.34. The first-order valence-electron chi connectivity index (χ1n) is 6.58. The van der Waals surface area contributed by atoms with Gasteiger partial charge in [0, 0.05) is 9.89 Å². The molecule has 1 fully saturated rings. The van der Waals surface area contributed by atoms with Crippen molar-refractivity contribution in [3.63, 3.8) is 0 Å². The van der Waals surface area contributed by atoms with E-state index in [4.69, 9.17) is 4.74 Å². The van der Waals surface area contributed by atoms with Gasteiger partial charge in [-0.3, -0.25) is 0 Å². The predicted molar refractivity (Wildman–Crippen MR) is 78.9 cm³/mol. The van der Waals surface area contributed by atoms with Gasteiger partial charge in [0.05, 0.1) is 13.2 Å². The molecule has 1 saturated heterocycles. The molecule has 1 aromatic rings. The summed E-state index contributed by atoms with van der Waals surface area (Å²) < 4.78 is 6.70. The third-order valence-electron chi connectivity index (χ3n) is 4.08. The first-order valence-corrected chi connectivity index (χ1v) is 7.38. The lowest BCUT2D eigenvalue weighted by Gasteiger charge is -2.49. The summed E-state index contributed by atoms with van der Waals surface area (Å²) in [6.45, 7) is 7.34. The van der Waals surface area contributed by atoms with Crippen LogP contribution in [0.15, 0.2) is 28.7 Å². The molecule has 0 bridgehead atoms. The molecule has 1 unspecified atom stereocenters. The van der Waals surface area contributed by atoms with Crippen LogP contribution >= 0.6 is 15.9 Å². The number of ether oxygens (including phenoxy) is 1. The van der Waals surface area contributed by atoms with Gasteiger partial charge >= 0.3 is 0 Å². The summed E-state index contributed by atoms with van der Waals surface area (Å²) >= 11 is 3.51. The molecule has 18 heavy (non-hydrogen) atoms. The monoisotopic (exact) mass is 311 g/mol. The maximum absolute atomic E-state index is 5.56. The van der Waals surface area contributed by atoms with E-state index in [0.29, 0.717) is 11.8 Å². The van der Waals surface area contributed by atoms with Crippen molar-refractivity contribution < 1.29 is 4.74 Å². The topological polar surface area (TPSA) is 21.3 Å². The molecule has 0 radical (unpaired) electrons. The maximum Gasteiger partial charge on any atom is 0.0588 e. The van der Waals surface area contributed by atoms with Crippen molar-refractivity contribution in [2.45, 2.75) is 19.3 Å². The summed E-state index contributed by atoms with van der Waals surface area (Å²) in [6.07, 6.45) is 0. The quantitative estimate of drug-likeness (QED) is 0.901. The van der Waals surface area contributed by atoms with E-state index in [1.165, 1.54) is 5.56 Å². The molecule has 3 heteroatoms. The summed E-state index contributed by atoms with van der Waals surface area (Å²) in [7, 11) is 2.03. The molecule has 0 saturated carbocycles. The van der Waals surface area contributed by atoms with Gasteiger partial charge < -0.3 is 10.1 Å². The average molecular weight is 312 g/mol. The molecule has 1 aromatic carbocycles. The van der Waals surface area contributed by atoms with Crippen LogP contribution in [0.1, 0.15) is 19.4 Å². The summed E-state index contributed by atoms with van der Waals surface area (Å²) in [5.74, 6) is 1.25. The summed E-state index contributed by atoms with van der Waals surface area (Å²) in [6, 6.07) is 8.73. The SMILES string of the molecule is CNCC(C(C)C)C1(c2ccc(Br)cc2)COC1. The number of rotatable bonds is 5. The second kappa shape index (κ2) is 5.72. The fourth-order valence-electron chi connectivity index (χ4n) is 2.99. The Morgan fingerprint density at radius 3 is 2.28 bits per heavy atom. The van der Waals surface area contributed by atoms with Gasteiger partial charge in [-0.2, -0.15) is 0 Å². The molecular weight excluding hydrogens is 290 g/mol. The Balaban J connectivity index is 2.31. The van der Waals surface area contributed by atoms with Crippen LogP contribution in [0.4, 0.5) is 0 Å². The zero-order valence-corrected chi connectivity index (χ0v) is 13.0. The van der Waals surface area contributed by atoms with E-state index in [1.807, 2.05) is 7.05 Å². The van der Waals surface area contributed by atoms with Crippen molar-refractivity contribution >= 4 is 15.9 Å². The lowest BCUT2D eigenvalue weighted by Crippen LogP contribution is -2.56. The molecule has 0 spiro atoms. The Hall–Kier alpha value is -0.380. The van der Waals surface area contributed by atoms with Gasteiger partial charge in [-0.15, -0.1) is 0 Å². The molecular formula is C15H22BrNO. The zero-order valence-electron chi connectivity index (χ0n) is 11.4. The van der Waals surface area contributed by atoms with Crippen LogP contribution in [-0.2, 0) is 10.2 Å². The van der Waals surface area contributed by atoms with Crippen LogP contribution in [0.5, 0.6) is 0 Å². The fraction of sp³-hybridized carbons (Fsp3) is 0.600. The lowest BCUT2D eigenvalue weighted by atomic mass is 9.64. The Bertz CT molecular complexity index is 384. The maximum atomic E-state index is 5.56. The van der Waals surface area contributed by atoms with Crippen molar-refractivity contribution in [1.29, 1.82) is 0 Å². The zero-order chi connectivity index (χ0) is 13.2. The summed E-state index contributed by atoms with van der Waals surface area (Å²) in [5.41, 5.74) is 1.60. The molecule has 1 N–H and O–H groups in total. The van der Waals surface area contributed by atoms with E-state index >= 15 is 0 Å². The number of hydrogen-bond donors (Lipinski definition) is 1. The minimum Gasteiger partial charge on any atom is -0.379 e. The van der Waals surface area contributed by atoms with Crippen molar-refractivity contribution in [3.8, 4) is 0 Å². The molecule has 1 aliphatic rings. The van der Waals surface area contributed by atoms with E-state index in [9.17, 15) is 0 Å². The molecule has 1 heterocycles. The molecule has 2 nitrogen and oxygen atoms in total. The largest absolute Gasteiger partial charge is 0.379 e. The normalized spacial score (nSPS) is 19.6. The van der Waals surface area contributed by atoms with E-state index in [2.05, 4.69) is 59.4 Å². The molecule has 0 aromatic heterocycles. The van der Waals surface area contributed by atoms with E-state index in [0.717, 1.165) is 24.2 Å². The van der Waals surface area contributed by atoms with Crippen LogP contribution < -0.4 is 5.32 Å². The summed E-state index contributed by atoms with van der Waals surface area (Å²) in [4.78, 5) is 0. The molecule has 1 aliphatic heterocycles. The highest BCUT2D eigenvalue weighted by Gasteiger charge is 2.47. The average Bonchev–Trinajstić information content (AvgIpc) is 2.28. The van der Waals surface area contributed by atoms with Gasteiger partial charge in [0.25, 0.3) is 0 Å². The van der Waals surface area contributed by atoms with E-state index in [1.54, 1.807) is 0 Å². The van der Waals surface area contributed by atoms with Gasteiger partial charge in [0.1, 0.15) is 0 Å². The van der Waals surface area contributed by atoms with Crippen LogP contribution in [0.2, 0.25) is 0 Å². The van der Waals surface area contributed by atoms with Gasteiger partial charge in [-0.25, -0.2) is 0 Å². The third kappa shape index (κ3) is 2.49. The third-order valence-corrected chi connectivity index (χ3v) is 4.61. The van der Waals surface area contributed by atoms with Crippen LogP contribution in [0.3, 0.4) is 0 Å². The minimum atomic E-state index is 0.192. The first kappa shape index (κ1) is 14.0. The Morgan fingerprint density at radius 1 is 1.28 bits per heavy atom. The van der Waals surface area contributed by atoms with Crippen LogP contribution in [0.25, 0.3) is 0 Å². The lowest BCUT2D eigenvalue weighted by molar-refractivity contribution is -0.0995. The van der Waals surface area contributed by atoms with Crippen LogP contribution in [0, 0.1) is 11.8 Å². The van der Waals surface area contributed by atoms with Crippen molar-refractivity contribution in [3.05, 3.63) is 34.3 Å². The Morgan fingerprint density at radius 2 is 1.89 bits per heavy atom. The number of nitrogens with one attached hydrogen (secondary N) is 1. The number of benzene rings is 1. The number of hydrogen-bond acceptors (Lipinski definition) is 2. The highest BCUT2D eigenvalue weighted by atomic mass is 79.9. The van der Waals surface area contributed by atoms with Gasteiger partial charge in [-0.05, 0) is 43.1 Å². The second-order valence-electron chi connectivity index (χ2n) is 5.56. The van der Waals surface area contributed by atoms with Gasteiger partial charge in [0.15, 0.2) is 0 Å². The fourth-order valence-corrected chi connectivity index (χ4v) is 3.25. The predicted octanol–water partition coefficient (Wildman–Crippen LogP) is 3.21. The highest BCUT2D eigenvalue weighted by Crippen LogP contribution is 2.42. The second-order valence-corrected chi connectivity index (χ2v) is 6.48. The molecule has 1 atom stereocenters. The van der Waals surface area contributed by atoms with Gasteiger partial charge in [-0.1, -0.05) is 41.9 Å². The first-order chi connectivity index (χ1) is 8.60. The minimum absolute atomic E-state index is 0.192. The molecule has 0 aliphatic carbocycles. The van der Waals surface area contributed by atoms with Crippen LogP contribution in [-0.4, -0.2) is 26.8 Å². The molecule has 2 rings (SSSR count). The highest BCUT2D eigenvalue weighted by molar-refractivity contribution is 9.10.